The van der Waals surface area contributed by atoms with Crippen LogP contribution in [0.2, 0.25) is 0 Å². The first-order chi connectivity index (χ1) is 11.7. The van der Waals surface area contributed by atoms with Crippen LogP contribution in [0.5, 0.6) is 0 Å². The minimum atomic E-state index is -0.321. The second-order valence-corrected chi connectivity index (χ2v) is 6.16. The zero-order chi connectivity index (χ0) is 17.2. The summed E-state index contributed by atoms with van der Waals surface area (Å²) in [5.74, 6) is 0. The second kappa shape index (κ2) is 10.1. The molecule has 0 aliphatic heterocycles. The van der Waals surface area contributed by atoms with Crippen molar-refractivity contribution in [2.75, 3.05) is 19.6 Å². The lowest BCUT2D eigenvalue weighted by molar-refractivity contribution is 0.0483. The van der Waals surface area contributed by atoms with Gasteiger partial charge in [-0.3, -0.25) is 9.74 Å². The van der Waals surface area contributed by atoms with Gasteiger partial charge in [-0.25, -0.2) is 10.3 Å². The number of hydrogen-bond acceptors (Lipinski definition) is 4. The molecule has 2 N–H and O–H groups in total. The molecule has 0 aliphatic carbocycles. The number of carbonyl (C=O) groups excluding carboxylic acids is 1. The van der Waals surface area contributed by atoms with Gasteiger partial charge < -0.3 is 5.32 Å². The summed E-state index contributed by atoms with van der Waals surface area (Å²) in [6.07, 6.45) is 0. The van der Waals surface area contributed by atoms with Crippen LogP contribution in [0, 0.1) is 0 Å². The maximum absolute atomic E-state index is 11.9. The molecule has 1 aromatic carbocycles. The van der Waals surface area contributed by atoms with Crippen LogP contribution in [0.25, 0.3) is 0 Å². The molecule has 0 radical (unpaired) electrons. The normalized spacial score (nSPS) is 12.1. The van der Waals surface area contributed by atoms with Gasteiger partial charge in [0.1, 0.15) is 0 Å². The lowest BCUT2D eigenvalue weighted by Gasteiger charge is -2.29. The Balaban J connectivity index is 1.79. The summed E-state index contributed by atoms with van der Waals surface area (Å²) >= 11 is 1.67. The molecule has 0 fully saturated rings. The number of urea groups is 1. The Hall–Kier alpha value is -1.89. The number of hydroxylamine groups is 1. The average molecular weight is 347 g/mol. The van der Waals surface area contributed by atoms with Gasteiger partial charge in [-0.15, -0.1) is 0 Å². The molecule has 130 valence electrons. The molecule has 24 heavy (non-hydrogen) atoms. The molecule has 0 bridgehead atoms. The minimum Gasteiger partial charge on any atom is -0.334 e. The van der Waals surface area contributed by atoms with E-state index in [1.54, 1.807) is 11.3 Å². The maximum atomic E-state index is 11.9. The van der Waals surface area contributed by atoms with Crippen molar-refractivity contribution in [3.8, 4) is 0 Å². The third-order valence-electron chi connectivity index (χ3n) is 3.88. The second-order valence-electron chi connectivity index (χ2n) is 5.38. The highest BCUT2D eigenvalue weighted by atomic mass is 32.1. The van der Waals surface area contributed by atoms with E-state index in [0.29, 0.717) is 13.2 Å². The summed E-state index contributed by atoms with van der Waals surface area (Å²) in [6, 6.07) is 11.7. The predicted octanol–water partition coefficient (Wildman–Crippen LogP) is 3.56. The van der Waals surface area contributed by atoms with Crippen molar-refractivity contribution in [3.63, 3.8) is 0 Å². The average Bonchev–Trinajstić information content (AvgIpc) is 3.14. The van der Waals surface area contributed by atoms with Gasteiger partial charge >= 0.3 is 6.03 Å². The van der Waals surface area contributed by atoms with Crippen LogP contribution in [-0.2, 0) is 11.4 Å². The van der Waals surface area contributed by atoms with E-state index in [4.69, 9.17) is 4.84 Å². The van der Waals surface area contributed by atoms with Crippen LogP contribution in [0.15, 0.2) is 47.2 Å². The highest BCUT2D eigenvalue weighted by Crippen LogP contribution is 2.22. The van der Waals surface area contributed by atoms with Crippen LogP contribution in [0.3, 0.4) is 0 Å². The Labute approximate surface area is 147 Å². The van der Waals surface area contributed by atoms with Crippen LogP contribution in [-0.4, -0.2) is 30.6 Å². The summed E-state index contributed by atoms with van der Waals surface area (Å²) in [5, 5.41) is 7.09. The molecule has 0 aliphatic rings. The van der Waals surface area contributed by atoms with E-state index in [2.05, 4.69) is 46.4 Å². The van der Waals surface area contributed by atoms with E-state index in [0.717, 1.165) is 18.7 Å². The number of hydrogen-bond donors (Lipinski definition) is 2. The lowest BCUT2D eigenvalue weighted by atomic mass is 10.1. The maximum Gasteiger partial charge on any atom is 0.338 e. The first-order valence-electron chi connectivity index (χ1n) is 8.20. The Morgan fingerprint density at radius 3 is 2.58 bits per heavy atom. The van der Waals surface area contributed by atoms with Gasteiger partial charge in [0.05, 0.1) is 12.6 Å². The monoisotopic (exact) mass is 347 g/mol. The molecular weight excluding hydrogens is 322 g/mol. The van der Waals surface area contributed by atoms with Crippen molar-refractivity contribution < 1.29 is 9.63 Å². The highest BCUT2D eigenvalue weighted by Gasteiger charge is 2.19. The third kappa shape index (κ3) is 5.63. The summed E-state index contributed by atoms with van der Waals surface area (Å²) in [5.41, 5.74) is 4.68. The fourth-order valence-electron chi connectivity index (χ4n) is 2.57. The SMILES string of the molecule is CCN(CC)C(CNC(=O)NOCc1ccccc1)c1ccsc1. The number of likely N-dealkylation sites (N-methyl/N-ethyl adjacent to an activating group) is 1. The minimum absolute atomic E-state index is 0.172. The van der Waals surface area contributed by atoms with Crippen LogP contribution in [0.1, 0.15) is 31.0 Å². The van der Waals surface area contributed by atoms with Crippen molar-refractivity contribution >= 4 is 17.4 Å². The Bertz CT molecular complexity index is 586. The summed E-state index contributed by atoms with van der Waals surface area (Å²) in [7, 11) is 0. The van der Waals surface area contributed by atoms with Gasteiger partial charge in [0.15, 0.2) is 0 Å². The van der Waals surface area contributed by atoms with E-state index in [1.807, 2.05) is 30.3 Å². The quantitative estimate of drug-likeness (QED) is 0.682. The third-order valence-corrected chi connectivity index (χ3v) is 4.59. The number of thiophene rings is 1. The molecule has 6 heteroatoms. The van der Waals surface area contributed by atoms with Gasteiger partial charge in [0.2, 0.25) is 0 Å². The van der Waals surface area contributed by atoms with Crippen LogP contribution in [0.4, 0.5) is 4.79 Å². The molecule has 1 unspecified atom stereocenters. The number of nitrogens with zero attached hydrogens (tertiary/aromatic N) is 1. The zero-order valence-corrected chi connectivity index (χ0v) is 15.0. The number of rotatable bonds is 9. The van der Waals surface area contributed by atoms with Crippen LogP contribution >= 0.6 is 11.3 Å². The van der Waals surface area contributed by atoms with E-state index >= 15 is 0 Å². The fraction of sp³-hybridized carbons (Fsp3) is 0.389. The first-order valence-corrected chi connectivity index (χ1v) is 9.14. The molecule has 1 aromatic heterocycles. The fourth-order valence-corrected chi connectivity index (χ4v) is 3.28. The lowest BCUT2D eigenvalue weighted by Crippen LogP contribution is -2.42. The van der Waals surface area contributed by atoms with E-state index in [-0.39, 0.29) is 12.1 Å². The van der Waals surface area contributed by atoms with Gasteiger partial charge in [-0.05, 0) is 41.0 Å². The first kappa shape index (κ1) is 18.4. The molecule has 1 atom stereocenters. The predicted molar refractivity (Wildman–Crippen MR) is 97.7 cm³/mol. The van der Waals surface area contributed by atoms with Crippen molar-refractivity contribution in [2.45, 2.75) is 26.5 Å². The number of nitrogens with one attached hydrogen (secondary N) is 2. The molecule has 0 spiro atoms. The number of benzene rings is 1. The molecule has 2 rings (SSSR count). The summed E-state index contributed by atoms with van der Waals surface area (Å²) in [4.78, 5) is 19.5. The van der Waals surface area contributed by atoms with Gasteiger partial charge in [0, 0.05) is 6.54 Å². The smallest absolute Gasteiger partial charge is 0.334 e. The number of amides is 2. The largest absolute Gasteiger partial charge is 0.338 e. The van der Waals surface area contributed by atoms with Crippen molar-refractivity contribution in [3.05, 3.63) is 58.3 Å². The zero-order valence-electron chi connectivity index (χ0n) is 14.2. The molecule has 5 nitrogen and oxygen atoms in total. The topological polar surface area (TPSA) is 53.6 Å². The summed E-state index contributed by atoms with van der Waals surface area (Å²) in [6.45, 7) is 7.02. The van der Waals surface area contributed by atoms with Crippen molar-refractivity contribution in [2.24, 2.45) is 0 Å². The highest BCUT2D eigenvalue weighted by molar-refractivity contribution is 7.07. The standard InChI is InChI=1S/C18H25N3O2S/c1-3-21(4-2)17(16-10-11-24-14-16)12-19-18(22)20-23-13-15-8-6-5-7-9-15/h5-11,14,17H,3-4,12-13H2,1-2H3,(H2,19,20,22). The van der Waals surface area contributed by atoms with E-state index in [9.17, 15) is 4.79 Å². The van der Waals surface area contributed by atoms with Gasteiger partial charge in [-0.1, -0.05) is 44.2 Å². The number of carbonyl (C=O) groups is 1. The summed E-state index contributed by atoms with van der Waals surface area (Å²) < 4.78 is 0. The van der Waals surface area contributed by atoms with Gasteiger partial charge in [0.25, 0.3) is 0 Å². The van der Waals surface area contributed by atoms with E-state index < -0.39 is 0 Å². The Morgan fingerprint density at radius 1 is 1.21 bits per heavy atom. The molecule has 1 heterocycles. The Morgan fingerprint density at radius 2 is 1.96 bits per heavy atom. The van der Waals surface area contributed by atoms with Crippen molar-refractivity contribution in [1.82, 2.24) is 15.7 Å². The molecule has 0 saturated heterocycles. The van der Waals surface area contributed by atoms with Crippen molar-refractivity contribution in [1.29, 1.82) is 0 Å². The van der Waals surface area contributed by atoms with E-state index in [1.165, 1.54) is 5.56 Å². The Kier molecular flexibility index (Phi) is 7.74. The van der Waals surface area contributed by atoms with Gasteiger partial charge in [-0.2, -0.15) is 11.3 Å². The molecule has 0 saturated carbocycles. The molecule has 2 amide bonds. The molecule has 2 aromatic rings. The van der Waals surface area contributed by atoms with Crippen LogP contribution < -0.4 is 10.8 Å². The molecular formula is C18H25N3O2S.